The van der Waals surface area contributed by atoms with E-state index in [9.17, 15) is 0 Å². The minimum absolute atomic E-state index is 0.0700. The van der Waals surface area contributed by atoms with Gasteiger partial charge in [0, 0.05) is 12.6 Å². The average Bonchev–Trinajstić information content (AvgIpc) is 2.00. The predicted molar refractivity (Wildman–Crippen MR) is 52.5 cm³/mol. The first-order valence-corrected chi connectivity index (χ1v) is 4.56. The van der Waals surface area contributed by atoms with E-state index in [0.717, 1.165) is 13.0 Å². The van der Waals surface area contributed by atoms with E-state index in [1.165, 1.54) is 0 Å². The Hall–Kier alpha value is -0.160. The third-order valence-corrected chi connectivity index (χ3v) is 1.65. The third kappa shape index (κ3) is 6.54. The van der Waals surface area contributed by atoms with E-state index in [2.05, 4.69) is 17.6 Å². The monoisotopic (exact) mass is 174 g/mol. The van der Waals surface area contributed by atoms with E-state index in [1.54, 1.807) is 0 Å². The maximum atomic E-state index is 5.70. The van der Waals surface area contributed by atoms with E-state index < -0.39 is 0 Å². The van der Waals surface area contributed by atoms with Gasteiger partial charge in [-0.05, 0) is 20.3 Å². The predicted octanol–water partition coefficient (Wildman–Crippen LogP) is -0.446. The molecule has 0 spiro atoms. The van der Waals surface area contributed by atoms with E-state index in [-0.39, 0.29) is 18.4 Å². The first kappa shape index (κ1) is 11.8. The van der Waals surface area contributed by atoms with Crippen molar-refractivity contribution in [2.45, 2.75) is 45.6 Å². The van der Waals surface area contributed by atoms with Gasteiger partial charge in [0.25, 0.3) is 0 Å². The van der Waals surface area contributed by atoms with E-state index in [1.807, 2.05) is 13.8 Å². The summed E-state index contributed by atoms with van der Waals surface area (Å²) in [6.45, 7) is 6.87. The summed E-state index contributed by atoms with van der Waals surface area (Å²) in [5, 5.41) is 6.43. The van der Waals surface area contributed by atoms with Crippen LogP contribution in [0.25, 0.3) is 0 Å². The second-order valence-electron chi connectivity index (χ2n) is 3.29. The Morgan fingerprint density at radius 1 is 1.25 bits per heavy atom. The molecule has 3 atom stereocenters. The number of nitrogens with one attached hydrogen (secondary N) is 2. The van der Waals surface area contributed by atoms with Gasteiger partial charge in [0.2, 0.25) is 0 Å². The standard InChI is InChI=1S/C8H22N4/c1-4-8(10)12-7(3)11-5-6(2)9/h6-8,11-12H,4-5,9-10H2,1-3H3. The normalized spacial score (nSPS) is 18.8. The lowest BCUT2D eigenvalue weighted by Crippen LogP contribution is -2.51. The fourth-order valence-corrected chi connectivity index (χ4v) is 0.861. The molecule has 0 aromatic rings. The third-order valence-electron chi connectivity index (χ3n) is 1.65. The second kappa shape index (κ2) is 6.37. The topological polar surface area (TPSA) is 76.1 Å². The lowest BCUT2D eigenvalue weighted by atomic mass is 10.3. The van der Waals surface area contributed by atoms with Gasteiger partial charge in [-0.1, -0.05) is 6.92 Å². The van der Waals surface area contributed by atoms with Gasteiger partial charge < -0.3 is 16.8 Å². The molecule has 0 bridgehead atoms. The van der Waals surface area contributed by atoms with Crippen LogP contribution < -0.4 is 22.1 Å². The first-order chi connectivity index (χ1) is 5.56. The van der Waals surface area contributed by atoms with Crippen LogP contribution in [0.5, 0.6) is 0 Å². The van der Waals surface area contributed by atoms with Crippen LogP contribution in [0.1, 0.15) is 27.2 Å². The summed E-state index contributed by atoms with van der Waals surface area (Å²) in [6, 6.07) is 0.187. The van der Waals surface area contributed by atoms with Crippen LogP contribution in [-0.4, -0.2) is 24.9 Å². The zero-order valence-electron chi connectivity index (χ0n) is 8.30. The minimum atomic E-state index is 0.0700. The molecule has 0 amide bonds. The molecule has 6 N–H and O–H groups in total. The van der Waals surface area contributed by atoms with Crippen LogP contribution in [0.3, 0.4) is 0 Å². The highest BCUT2D eigenvalue weighted by atomic mass is 15.2. The molecule has 4 nitrogen and oxygen atoms in total. The van der Waals surface area contributed by atoms with Gasteiger partial charge in [0.15, 0.2) is 0 Å². The molecule has 0 saturated heterocycles. The highest BCUT2D eigenvalue weighted by Crippen LogP contribution is 1.83. The minimum Gasteiger partial charge on any atom is -0.327 e. The number of rotatable bonds is 6. The highest BCUT2D eigenvalue weighted by Gasteiger charge is 2.04. The molecule has 4 heteroatoms. The molecule has 0 aromatic carbocycles. The molecular weight excluding hydrogens is 152 g/mol. The Morgan fingerprint density at radius 2 is 1.83 bits per heavy atom. The van der Waals surface area contributed by atoms with Crippen molar-refractivity contribution in [2.24, 2.45) is 11.5 Å². The number of hydrogen-bond donors (Lipinski definition) is 4. The molecule has 0 aliphatic carbocycles. The summed E-state index contributed by atoms with van der Waals surface area (Å²) < 4.78 is 0. The molecule has 0 aromatic heterocycles. The lowest BCUT2D eigenvalue weighted by Gasteiger charge is -2.20. The van der Waals surface area contributed by atoms with Gasteiger partial charge in [0.05, 0.1) is 12.3 Å². The van der Waals surface area contributed by atoms with Gasteiger partial charge in [-0.2, -0.15) is 0 Å². The van der Waals surface area contributed by atoms with Crippen molar-refractivity contribution in [3.8, 4) is 0 Å². The molecule has 0 radical (unpaired) electrons. The molecule has 0 aliphatic heterocycles. The second-order valence-corrected chi connectivity index (χ2v) is 3.29. The Labute approximate surface area is 75.1 Å². The molecule has 3 unspecified atom stereocenters. The van der Waals surface area contributed by atoms with Crippen molar-refractivity contribution in [3.05, 3.63) is 0 Å². The Balaban J connectivity index is 3.39. The van der Waals surface area contributed by atoms with Crippen molar-refractivity contribution in [3.63, 3.8) is 0 Å². The van der Waals surface area contributed by atoms with E-state index in [0.29, 0.717) is 0 Å². The van der Waals surface area contributed by atoms with Crippen LogP contribution in [-0.2, 0) is 0 Å². The van der Waals surface area contributed by atoms with E-state index >= 15 is 0 Å². The molecular formula is C8H22N4. The molecule has 12 heavy (non-hydrogen) atoms. The van der Waals surface area contributed by atoms with Crippen LogP contribution in [0.2, 0.25) is 0 Å². The summed E-state index contributed by atoms with van der Waals surface area (Å²) >= 11 is 0. The lowest BCUT2D eigenvalue weighted by molar-refractivity contribution is 0.381. The molecule has 0 rings (SSSR count). The fraction of sp³-hybridized carbons (Fsp3) is 1.00. The molecule has 0 aliphatic rings. The van der Waals surface area contributed by atoms with Crippen molar-refractivity contribution < 1.29 is 0 Å². The van der Waals surface area contributed by atoms with Gasteiger partial charge in [-0.3, -0.25) is 5.32 Å². The summed E-state index contributed by atoms with van der Waals surface area (Å²) in [5.74, 6) is 0. The SMILES string of the molecule is CCC(N)NC(C)NCC(C)N. The van der Waals surface area contributed by atoms with E-state index in [4.69, 9.17) is 11.5 Å². The number of nitrogens with two attached hydrogens (primary N) is 2. The van der Waals surface area contributed by atoms with Gasteiger partial charge in [0.1, 0.15) is 0 Å². The Kier molecular flexibility index (Phi) is 6.28. The summed E-state index contributed by atoms with van der Waals surface area (Å²) in [5.41, 5.74) is 11.3. The van der Waals surface area contributed by atoms with Crippen LogP contribution >= 0.6 is 0 Å². The van der Waals surface area contributed by atoms with Gasteiger partial charge in [-0.25, -0.2) is 0 Å². The quantitative estimate of drug-likeness (QED) is 0.412. The molecule has 0 heterocycles. The zero-order chi connectivity index (χ0) is 9.56. The van der Waals surface area contributed by atoms with Crippen molar-refractivity contribution in [1.82, 2.24) is 10.6 Å². The smallest absolute Gasteiger partial charge is 0.0555 e. The highest BCUT2D eigenvalue weighted by molar-refractivity contribution is 4.65. The first-order valence-electron chi connectivity index (χ1n) is 4.56. The van der Waals surface area contributed by atoms with Gasteiger partial charge in [-0.15, -0.1) is 0 Å². The molecule has 0 saturated carbocycles. The average molecular weight is 174 g/mol. The van der Waals surface area contributed by atoms with Crippen molar-refractivity contribution in [1.29, 1.82) is 0 Å². The molecule has 0 fully saturated rings. The van der Waals surface area contributed by atoms with Crippen LogP contribution in [0.4, 0.5) is 0 Å². The fourth-order valence-electron chi connectivity index (χ4n) is 0.861. The van der Waals surface area contributed by atoms with Crippen molar-refractivity contribution >= 4 is 0 Å². The summed E-state index contributed by atoms with van der Waals surface area (Å²) in [6.07, 6.45) is 1.23. The summed E-state index contributed by atoms with van der Waals surface area (Å²) in [7, 11) is 0. The summed E-state index contributed by atoms with van der Waals surface area (Å²) in [4.78, 5) is 0. The Bertz CT molecular complexity index is 105. The number of hydrogen-bond acceptors (Lipinski definition) is 4. The zero-order valence-corrected chi connectivity index (χ0v) is 8.30. The van der Waals surface area contributed by atoms with Crippen LogP contribution in [0.15, 0.2) is 0 Å². The largest absolute Gasteiger partial charge is 0.327 e. The Morgan fingerprint density at radius 3 is 2.25 bits per heavy atom. The maximum Gasteiger partial charge on any atom is 0.0555 e. The van der Waals surface area contributed by atoms with Crippen LogP contribution in [0, 0.1) is 0 Å². The molecule has 74 valence electrons. The maximum absolute atomic E-state index is 5.70. The van der Waals surface area contributed by atoms with Gasteiger partial charge >= 0.3 is 0 Å². The van der Waals surface area contributed by atoms with Crippen molar-refractivity contribution in [2.75, 3.05) is 6.54 Å².